The Morgan fingerprint density at radius 2 is 2.25 bits per heavy atom. The second-order valence-corrected chi connectivity index (χ2v) is 5.76. The molecule has 1 aliphatic heterocycles. The van der Waals surface area contributed by atoms with Crippen molar-refractivity contribution in [3.8, 4) is 0 Å². The summed E-state index contributed by atoms with van der Waals surface area (Å²) in [6, 6.07) is 9.55. The van der Waals surface area contributed by atoms with Crippen molar-refractivity contribution in [1.82, 2.24) is 4.90 Å². The number of alkyl halides is 1. The predicted molar refractivity (Wildman–Crippen MR) is 80.2 cm³/mol. The average molecular weight is 292 g/mol. The van der Waals surface area contributed by atoms with Gasteiger partial charge in [-0.2, -0.15) is 0 Å². The summed E-state index contributed by atoms with van der Waals surface area (Å²) in [5.41, 5.74) is 0.769. The molecule has 0 aliphatic carbocycles. The van der Waals surface area contributed by atoms with E-state index in [0.717, 1.165) is 43.3 Å². The summed E-state index contributed by atoms with van der Waals surface area (Å²) >= 11 is 5.81. The number of rotatable bonds is 3. The Labute approximate surface area is 123 Å². The van der Waals surface area contributed by atoms with Crippen LogP contribution in [0, 0.1) is 5.92 Å². The van der Waals surface area contributed by atoms with E-state index in [1.807, 2.05) is 35.2 Å². The molecule has 0 radical (unpaired) electrons. The van der Waals surface area contributed by atoms with Gasteiger partial charge in [0.25, 0.3) is 5.91 Å². The van der Waals surface area contributed by atoms with E-state index in [-0.39, 0.29) is 5.91 Å². The Hall–Kier alpha value is -1.48. The van der Waals surface area contributed by atoms with Gasteiger partial charge in [0.05, 0.1) is 0 Å². The van der Waals surface area contributed by atoms with Crippen molar-refractivity contribution in [3.63, 3.8) is 0 Å². The lowest BCUT2D eigenvalue weighted by Gasteiger charge is -2.31. The summed E-state index contributed by atoms with van der Waals surface area (Å²) in [6.07, 6.45) is 3.19. The molecule has 3 nitrogen and oxygen atoms in total. The number of benzene rings is 1. The highest BCUT2D eigenvalue weighted by molar-refractivity contribution is 6.17. The van der Waals surface area contributed by atoms with Crippen LogP contribution in [0.5, 0.6) is 0 Å². The van der Waals surface area contributed by atoms with Gasteiger partial charge in [0.1, 0.15) is 5.58 Å². The first kappa shape index (κ1) is 13.5. The minimum Gasteiger partial charge on any atom is -0.451 e. The number of hydrogen-bond donors (Lipinski definition) is 0. The largest absolute Gasteiger partial charge is 0.451 e. The lowest BCUT2D eigenvalue weighted by atomic mass is 9.95. The number of halogens is 1. The van der Waals surface area contributed by atoms with E-state index < -0.39 is 0 Å². The van der Waals surface area contributed by atoms with Gasteiger partial charge in [0.2, 0.25) is 0 Å². The Morgan fingerprint density at radius 1 is 1.40 bits per heavy atom. The van der Waals surface area contributed by atoms with Crippen LogP contribution < -0.4 is 0 Å². The van der Waals surface area contributed by atoms with Crippen LogP contribution in [0.25, 0.3) is 11.0 Å². The molecule has 2 aromatic rings. The molecular formula is C16H18ClNO2. The van der Waals surface area contributed by atoms with E-state index >= 15 is 0 Å². The van der Waals surface area contributed by atoms with Gasteiger partial charge >= 0.3 is 0 Å². The van der Waals surface area contributed by atoms with Crippen molar-refractivity contribution >= 4 is 28.5 Å². The van der Waals surface area contributed by atoms with Gasteiger partial charge in [-0.3, -0.25) is 4.79 Å². The van der Waals surface area contributed by atoms with E-state index in [1.165, 1.54) is 0 Å². The molecule has 1 saturated heterocycles. The topological polar surface area (TPSA) is 33.5 Å². The number of fused-ring (bicyclic) bond motifs is 1. The fourth-order valence-corrected chi connectivity index (χ4v) is 3.19. The molecule has 106 valence electrons. The summed E-state index contributed by atoms with van der Waals surface area (Å²) in [6.45, 7) is 1.61. The Balaban J connectivity index is 1.77. The van der Waals surface area contributed by atoms with Crippen molar-refractivity contribution in [1.29, 1.82) is 0 Å². The molecular weight excluding hydrogens is 274 g/mol. The van der Waals surface area contributed by atoms with Crippen molar-refractivity contribution in [2.45, 2.75) is 19.3 Å². The molecule has 1 aromatic heterocycles. The maximum Gasteiger partial charge on any atom is 0.289 e. The lowest BCUT2D eigenvalue weighted by Crippen LogP contribution is -2.39. The molecule has 0 saturated carbocycles. The smallest absolute Gasteiger partial charge is 0.289 e. The minimum absolute atomic E-state index is 0.000437. The molecule has 0 bridgehead atoms. The van der Waals surface area contributed by atoms with Crippen LogP contribution in [0.2, 0.25) is 0 Å². The number of furan rings is 1. The zero-order chi connectivity index (χ0) is 13.9. The number of hydrogen-bond acceptors (Lipinski definition) is 2. The van der Waals surface area contributed by atoms with Crippen LogP contribution in [0.1, 0.15) is 29.8 Å². The summed E-state index contributed by atoms with van der Waals surface area (Å²) < 4.78 is 5.66. The molecule has 0 N–H and O–H groups in total. The number of para-hydroxylation sites is 1. The monoisotopic (exact) mass is 291 g/mol. The van der Waals surface area contributed by atoms with Crippen LogP contribution >= 0.6 is 11.6 Å². The molecule has 1 amide bonds. The highest BCUT2D eigenvalue weighted by atomic mass is 35.5. The zero-order valence-corrected chi connectivity index (χ0v) is 12.1. The SMILES string of the molecule is O=C(c1cc2ccccc2o1)N1CCCC(CCCl)C1. The first-order valence-corrected chi connectivity index (χ1v) is 7.65. The fourth-order valence-electron chi connectivity index (χ4n) is 2.88. The number of carbonyl (C=O) groups excluding carboxylic acids is 1. The Bertz CT molecular complexity index is 572. The summed E-state index contributed by atoms with van der Waals surface area (Å²) in [5.74, 6) is 1.63. The van der Waals surface area contributed by atoms with Gasteiger partial charge in [-0.05, 0) is 37.3 Å². The first-order valence-electron chi connectivity index (χ1n) is 7.12. The van der Waals surface area contributed by atoms with E-state index in [0.29, 0.717) is 17.6 Å². The van der Waals surface area contributed by atoms with E-state index in [2.05, 4.69) is 0 Å². The molecule has 20 heavy (non-hydrogen) atoms. The first-order chi connectivity index (χ1) is 9.78. The summed E-state index contributed by atoms with van der Waals surface area (Å²) in [4.78, 5) is 14.4. The third-order valence-corrected chi connectivity index (χ3v) is 4.18. The molecule has 1 aromatic carbocycles. The van der Waals surface area contributed by atoms with Crippen LogP contribution in [0.4, 0.5) is 0 Å². The van der Waals surface area contributed by atoms with Gasteiger partial charge in [0.15, 0.2) is 5.76 Å². The lowest BCUT2D eigenvalue weighted by molar-refractivity contribution is 0.0642. The van der Waals surface area contributed by atoms with Gasteiger partial charge in [-0.1, -0.05) is 18.2 Å². The predicted octanol–water partition coefficient (Wildman–Crippen LogP) is 3.91. The van der Waals surface area contributed by atoms with Crippen LogP contribution in [-0.4, -0.2) is 29.8 Å². The van der Waals surface area contributed by atoms with Gasteiger partial charge in [0, 0.05) is 24.4 Å². The molecule has 1 atom stereocenters. The van der Waals surface area contributed by atoms with E-state index in [1.54, 1.807) is 0 Å². The molecule has 1 aliphatic rings. The standard InChI is InChI=1S/C16H18ClNO2/c17-8-7-12-4-3-9-18(11-12)16(19)15-10-13-5-1-2-6-14(13)20-15/h1-2,5-6,10,12H,3-4,7-9,11H2. The normalized spacial score (nSPS) is 19.4. The second kappa shape index (κ2) is 5.88. The number of carbonyl (C=O) groups is 1. The number of piperidine rings is 1. The third kappa shape index (κ3) is 2.68. The summed E-state index contributed by atoms with van der Waals surface area (Å²) in [5, 5.41) is 0.977. The van der Waals surface area contributed by atoms with Crippen molar-refractivity contribution < 1.29 is 9.21 Å². The van der Waals surface area contributed by atoms with Crippen LogP contribution in [0.3, 0.4) is 0 Å². The second-order valence-electron chi connectivity index (χ2n) is 5.39. The highest BCUT2D eigenvalue weighted by Crippen LogP contribution is 2.24. The van der Waals surface area contributed by atoms with Crippen molar-refractivity contribution in [2.24, 2.45) is 5.92 Å². The summed E-state index contributed by atoms with van der Waals surface area (Å²) in [7, 11) is 0. The molecule has 1 unspecified atom stereocenters. The minimum atomic E-state index is 0.000437. The van der Waals surface area contributed by atoms with Crippen LogP contribution in [0.15, 0.2) is 34.7 Å². The maximum atomic E-state index is 12.5. The van der Waals surface area contributed by atoms with Gasteiger partial charge < -0.3 is 9.32 Å². The highest BCUT2D eigenvalue weighted by Gasteiger charge is 2.26. The Morgan fingerprint density at radius 3 is 3.05 bits per heavy atom. The van der Waals surface area contributed by atoms with Gasteiger partial charge in [-0.15, -0.1) is 11.6 Å². The maximum absolute atomic E-state index is 12.5. The van der Waals surface area contributed by atoms with Crippen LogP contribution in [-0.2, 0) is 0 Å². The average Bonchev–Trinajstić information content (AvgIpc) is 2.91. The number of nitrogens with zero attached hydrogens (tertiary/aromatic N) is 1. The zero-order valence-electron chi connectivity index (χ0n) is 11.3. The Kier molecular flexibility index (Phi) is 3.97. The quantitative estimate of drug-likeness (QED) is 0.803. The number of amides is 1. The number of likely N-dealkylation sites (tertiary alicyclic amines) is 1. The van der Waals surface area contributed by atoms with Crippen molar-refractivity contribution in [2.75, 3.05) is 19.0 Å². The molecule has 2 heterocycles. The molecule has 3 rings (SSSR count). The van der Waals surface area contributed by atoms with E-state index in [9.17, 15) is 4.79 Å². The van der Waals surface area contributed by atoms with E-state index in [4.69, 9.17) is 16.0 Å². The molecule has 1 fully saturated rings. The molecule has 0 spiro atoms. The van der Waals surface area contributed by atoms with Crippen molar-refractivity contribution in [3.05, 3.63) is 36.1 Å². The van der Waals surface area contributed by atoms with Gasteiger partial charge in [-0.25, -0.2) is 0 Å². The third-order valence-electron chi connectivity index (χ3n) is 3.96. The molecule has 4 heteroatoms. The fraction of sp³-hybridized carbons (Fsp3) is 0.438.